The van der Waals surface area contributed by atoms with Crippen LogP contribution in [0.5, 0.6) is 0 Å². The highest BCUT2D eigenvalue weighted by Gasteiger charge is 2.20. The fourth-order valence-corrected chi connectivity index (χ4v) is 3.56. The predicted octanol–water partition coefficient (Wildman–Crippen LogP) is 5.13. The van der Waals surface area contributed by atoms with Gasteiger partial charge in [0.25, 0.3) is 5.91 Å². The van der Waals surface area contributed by atoms with Gasteiger partial charge in [-0.15, -0.1) is 0 Å². The van der Waals surface area contributed by atoms with Gasteiger partial charge in [0.1, 0.15) is 6.61 Å². The summed E-state index contributed by atoms with van der Waals surface area (Å²) < 4.78 is 5.75. The molecule has 1 aliphatic carbocycles. The SMILES string of the molecule is CC1CCCC(OCC(=O)Nc2cc(C(=O)Nc3ccccc3)ccc2Cl)C1. The van der Waals surface area contributed by atoms with Gasteiger partial charge >= 0.3 is 0 Å². The van der Waals surface area contributed by atoms with Crippen LogP contribution in [0.1, 0.15) is 43.0 Å². The highest BCUT2D eigenvalue weighted by atomic mass is 35.5. The average Bonchev–Trinajstić information content (AvgIpc) is 2.69. The molecule has 6 heteroatoms. The fraction of sp³-hybridized carbons (Fsp3) is 0.364. The van der Waals surface area contributed by atoms with Crippen molar-refractivity contribution in [2.75, 3.05) is 17.2 Å². The number of hydrogen-bond acceptors (Lipinski definition) is 3. The maximum atomic E-state index is 12.4. The number of carbonyl (C=O) groups excluding carboxylic acids is 2. The van der Waals surface area contributed by atoms with Crippen LogP contribution in [-0.2, 0) is 9.53 Å². The molecule has 1 aliphatic rings. The van der Waals surface area contributed by atoms with Gasteiger partial charge in [-0.3, -0.25) is 9.59 Å². The summed E-state index contributed by atoms with van der Waals surface area (Å²) in [5, 5.41) is 5.93. The molecule has 5 nitrogen and oxygen atoms in total. The zero-order chi connectivity index (χ0) is 19.9. The molecule has 0 bridgehead atoms. The van der Waals surface area contributed by atoms with Crippen LogP contribution in [0.2, 0.25) is 5.02 Å². The van der Waals surface area contributed by atoms with Gasteiger partial charge in [-0.25, -0.2) is 0 Å². The molecule has 2 aromatic rings. The Morgan fingerprint density at radius 3 is 2.64 bits per heavy atom. The summed E-state index contributed by atoms with van der Waals surface area (Å²) in [4.78, 5) is 24.7. The van der Waals surface area contributed by atoms with Crippen LogP contribution in [0.3, 0.4) is 0 Å². The highest BCUT2D eigenvalue weighted by Crippen LogP contribution is 2.26. The molecule has 0 saturated heterocycles. The number of halogens is 1. The predicted molar refractivity (Wildman–Crippen MR) is 112 cm³/mol. The van der Waals surface area contributed by atoms with Gasteiger partial charge in [0.05, 0.1) is 16.8 Å². The summed E-state index contributed by atoms with van der Waals surface area (Å²) in [6.45, 7) is 2.19. The molecule has 2 aromatic carbocycles. The topological polar surface area (TPSA) is 67.4 Å². The molecule has 0 heterocycles. The zero-order valence-corrected chi connectivity index (χ0v) is 16.7. The second-order valence-electron chi connectivity index (χ2n) is 7.27. The summed E-state index contributed by atoms with van der Waals surface area (Å²) in [6.07, 6.45) is 4.47. The van der Waals surface area contributed by atoms with Crippen molar-refractivity contribution in [1.29, 1.82) is 0 Å². The monoisotopic (exact) mass is 400 g/mol. The lowest BCUT2D eigenvalue weighted by atomic mass is 9.89. The number of nitrogens with one attached hydrogen (secondary N) is 2. The van der Waals surface area contributed by atoms with Crippen LogP contribution in [0.25, 0.3) is 0 Å². The molecule has 0 aliphatic heterocycles. The minimum atomic E-state index is -0.277. The van der Waals surface area contributed by atoms with Crippen molar-refractivity contribution in [3.05, 3.63) is 59.1 Å². The largest absolute Gasteiger partial charge is 0.368 e. The van der Waals surface area contributed by atoms with E-state index < -0.39 is 0 Å². The van der Waals surface area contributed by atoms with Crippen LogP contribution in [-0.4, -0.2) is 24.5 Å². The molecule has 1 fully saturated rings. The van der Waals surface area contributed by atoms with Crippen molar-refractivity contribution in [3.63, 3.8) is 0 Å². The van der Waals surface area contributed by atoms with Gasteiger partial charge in [-0.05, 0) is 49.1 Å². The van der Waals surface area contributed by atoms with Crippen molar-refractivity contribution in [2.24, 2.45) is 5.92 Å². The van der Waals surface area contributed by atoms with E-state index in [0.29, 0.717) is 27.9 Å². The molecular weight excluding hydrogens is 376 g/mol. The Labute approximate surface area is 170 Å². The van der Waals surface area contributed by atoms with Crippen LogP contribution < -0.4 is 10.6 Å². The Morgan fingerprint density at radius 2 is 1.89 bits per heavy atom. The van der Waals surface area contributed by atoms with Crippen molar-refractivity contribution < 1.29 is 14.3 Å². The van der Waals surface area contributed by atoms with Crippen LogP contribution in [0.15, 0.2) is 48.5 Å². The summed E-state index contributed by atoms with van der Waals surface area (Å²) in [5.74, 6) is 0.0858. The van der Waals surface area contributed by atoms with E-state index in [1.807, 2.05) is 18.2 Å². The van der Waals surface area contributed by atoms with Gasteiger partial charge in [0.15, 0.2) is 0 Å². The van der Waals surface area contributed by atoms with E-state index in [-0.39, 0.29) is 24.5 Å². The lowest BCUT2D eigenvalue weighted by Gasteiger charge is -2.26. The van der Waals surface area contributed by atoms with Crippen LogP contribution >= 0.6 is 11.6 Å². The van der Waals surface area contributed by atoms with Crippen molar-refractivity contribution in [2.45, 2.75) is 38.7 Å². The summed E-state index contributed by atoms with van der Waals surface area (Å²) >= 11 is 6.19. The fourth-order valence-electron chi connectivity index (χ4n) is 3.40. The van der Waals surface area contributed by atoms with E-state index in [2.05, 4.69) is 17.6 Å². The second-order valence-corrected chi connectivity index (χ2v) is 7.67. The molecule has 2 atom stereocenters. The third kappa shape index (κ3) is 5.81. The third-order valence-corrected chi connectivity index (χ3v) is 5.20. The maximum Gasteiger partial charge on any atom is 0.255 e. The third-order valence-electron chi connectivity index (χ3n) is 4.87. The number of para-hydroxylation sites is 1. The van der Waals surface area contributed by atoms with E-state index in [1.165, 1.54) is 6.42 Å². The Kier molecular flexibility index (Phi) is 7.06. The van der Waals surface area contributed by atoms with Gasteiger partial charge in [0.2, 0.25) is 5.91 Å². The van der Waals surface area contributed by atoms with Crippen LogP contribution in [0.4, 0.5) is 11.4 Å². The first kappa shape index (κ1) is 20.4. The normalized spacial score (nSPS) is 19.1. The van der Waals surface area contributed by atoms with Crippen molar-refractivity contribution >= 4 is 34.8 Å². The van der Waals surface area contributed by atoms with Crippen molar-refractivity contribution in [1.82, 2.24) is 0 Å². The zero-order valence-electron chi connectivity index (χ0n) is 15.9. The molecule has 28 heavy (non-hydrogen) atoms. The van der Waals surface area contributed by atoms with Gasteiger partial charge in [-0.2, -0.15) is 0 Å². The average molecular weight is 401 g/mol. The molecule has 1 saturated carbocycles. The number of benzene rings is 2. The molecular formula is C22H25ClN2O3. The van der Waals surface area contributed by atoms with Gasteiger partial charge in [0, 0.05) is 11.3 Å². The second kappa shape index (κ2) is 9.71. The lowest BCUT2D eigenvalue weighted by molar-refractivity contribution is -0.123. The summed E-state index contributed by atoms with van der Waals surface area (Å²) in [7, 11) is 0. The number of ether oxygens (including phenoxy) is 1. The summed E-state index contributed by atoms with van der Waals surface area (Å²) in [6, 6.07) is 14.0. The molecule has 148 valence electrons. The minimum Gasteiger partial charge on any atom is -0.368 e. The van der Waals surface area contributed by atoms with Gasteiger partial charge in [-0.1, -0.05) is 49.6 Å². The van der Waals surface area contributed by atoms with E-state index in [9.17, 15) is 9.59 Å². The molecule has 2 unspecified atom stereocenters. The summed E-state index contributed by atoms with van der Waals surface area (Å²) in [5.41, 5.74) is 1.50. The van der Waals surface area contributed by atoms with E-state index in [1.54, 1.807) is 30.3 Å². The molecule has 2 N–H and O–H groups in total. The maximum absolute atomic E-state index is 12.4. The number of hydrogen-bond donors (Lipinski definition) is 2. The number of amides is 2. The number of carbonyl (C=O) groups is 2. The first-order valence-electron chi connectivity index (χ1n) is 9.58. The smallest absolute Gasteiger partial charge is 0.255 e. The Bertz CT molecular complexity index is 826. The van der Waals surface area contributed by atoms with Crippen LogP contribution in [0, 0.1) is 5.92 Å². The molecule has 0 radical (unpaired) electrons. The quantitative estimate of drug-likeness (QED) is 0.706. The first-order valence-corrected chi connectivity index (χ1v) is 9.96. The standard InChI is InChI=1S/C22H25ClN2O3/c1-15-6-5-9-18(12-15)28-14-21(26)25-20-13-16(10-11-19(20)23)22(27)24-17-7-3-2-4-8-17/h2-4,7-8,10-11,13,15,18H,5-6,9,12,14H2,1H3,(H,24,27)(H,25,26). The number of anilines is 2. The van der Waals surface area contributed by atoms with Crippen molar-refractivity contribution in [3.8, 4) is 0 Å². The molecule has 2 amide bonds. The Morgan fingerprint density at radius 1 is 1.11 bits per heavy atom. The lowest BCUT2D eigenvalue weighted by Crippen LogP contribution is -2.27. The highest BCUT2D eigenvalue weighted by molar-refractivity contribution is 6.34. The molecule has 3 rings (SSSR count). The van der Waals surface area contributed by atoms with Gasteiger partial charge < -0.3 is 15.4 Å². The minimum absolute atomic E-state index is 0.0197. The Hall–Kier alpha value is -2.37. The van der Waals surface area contributed by atoms with E-state index >= 15 is 0 Å². The first-order chi connectivity index (χ1) is 13.5. The number of rotatable bonds is 6. The molecule has 0 aromatic heterocycles. The van der Waals surface area contributed by atoms with E-state index in [0.717, 1.165) is 19.3 Å². The Balaban J connectivity index is 1.58. The van der Waals surface area contributed by atoms with E-state index in [4.69, 9.17) is 16.3 Å². The molecule has 0 spiro atoms.